The van der Waals surface area contributed by atoms with E-state index in [0.29, 0.717) is 5.41 Å². The van der Waals surface area contributed by atoms with Crippen LogP contribution in [0.3, 0.4) is 0 Å². The second-order valence-electron chi connectivity index (χ2n) is 5.47. The van der Waals surface area contributed by atoms with E-state index in [9.17, 15) is 0 Å². The van der Waals surface area contributed by atoms with Gasteiger partial charge in [-0.2, -0.15) is 5.10 Å². The Bertz CT molecular complexity index is 434. The van der Waals surface area contributed by atoms with Crippen LogP contribution < -0.4 is 10.6 Å². The zero-order chi connectivity index (χ0) is 12.6. The fraction of sp³-hybridized carbons (Fsp3) is 0.769. The average Bonchev–Trinajstić information content (AvgIpc) is 2.59. The standard InChI is InChI=1S/C13H22N4O/c1-3-10-11-12(17(2)16-10)15-9-13(8-14-11)4-6-18-7-5-13/h14-15H,3-9H2,1-2H3. The summed E-state index contributed by atoms with van der Waals surface area (Å²) in [6, 6.07) is 0. The van der Waals surface area contributed by atoms with Crippen LogP contribution in [0.15, 0.2) is 0 Å². The summed E-state index contributed by atoms with van der Waals surface area (Å²) in [6.45, 7) is 5.96. The van der Waals surface area contributed by atoms with E-state index in [1.54, 1.807) is 0 Å². The van der Waals surface area contributed by atoms with Gasteiger partial charge in [-0.1, -0.05) is 6.92 Å². The zero-order valence-electron chi connectivity index (χ0n) is 11.3. The molecule has 100 valence electrons. The van der Waals surface area contributed by atoms with Gasteiger partial charge in [0.05, 0.1) is 5.69 Å². The Balaban J connectivity index is 1.85. The van der Waals surface area contributed by atoms with Crippen molar-refractivity contribution in [2.24, 2.45) is 12.5 Å². The van der Waals surface area contributed by atoms with Crippen molar-refractivity contribution in [2.75, 3.05) is 36.9 Å². The molecule has 5 heteroatoms. The van der Waals surface area contributed by atoms with Crippen molar-refractivity contribution in [3.8, 4) is 0 Å². The molecule has 3 heterocycles. The van der Waals surface area contributed by atoms with Crippen LogP contribution in [-0.4, -0.2) is 36.1 Å². The lowest BCUT2D eigenvalue weighted by molar-refractivity contribution is 0.0276. The highest BCUT2D eigenvalue weighted by atomic mass is 16.5. The van der Waals surface area contributed by atoms with Gasteiger partial charge in [0.1, 0.15) is 11.5 Å². The van der Waals surface area contributed by atoms with E-state index in [2.05, 4.69) is 22.7 Å². The monoisotopic (exact) mass is 250 g/mol. The predicted molar refractivity (Wildman–Crippen MR) is 72.1 cm³/mol. The maximum absolute atomic E-state index is 5.49. The summed E-state index contributed by atoms with van der Waals surface area (Å²) >= 11 is 0. The predicted octanol–water partition coefficient (Wildman–Crippen LogP) is 1.62. The Morgan fingerprint density at radius 2 is 2.00 bits per heavy atom. The Morgan fingerprint density at radius 1 is 1.28 bits per heavy atom. The minimum Gasteiger partial charge on any atom is -0.381 e. The van der Waals surface area contributed by atoms with Gasteiger partial charge in [0.2, 0.25) is 0 Å². The Hall–Kier alpha value is -1.23. The lowest BCUT2D eigenvalue weighted by Crippen LogP contribution is -2.40. The van der Waals surface area contributed by atoms with Gasteiger partial charge in [0.25, 0.3) is 0 Å². The number of hydrogen-bond acceptors (Lipinski definition) is 4. The molecule has 0 aromatic carbocycles. The van der Waals surface area contributed by atoms with E-state index >= 15 is 0 Å². The lowest BCUT2D eigenvalue weighted by Gasteiger charge is -2.36. The second-order valence-corrected chi connectivity index (χ2v) is 5.47. The highest BCUT2D eigenvalue weighted by Crippen LogP contribution is 2.37. The molecule has 0 saturated carbocycles. The van der Waals surface area contributed by atoms with E-state index in [-0.39, 0.29) is 0 Å². The van der Waals surface area contributed by atoms with Crippen molar-refractivity contribution in [3.05, 3.63) is 5.69 Å². The van der Waals surface area contributed by atoms with Crippen molar-refractivity contribution in [1.29, 1.82) is 0 Å². The molecule has 1 fully saturated rings. The van der Waals surface area contributed by atoms with Crippen molar-refractivity contribution < 1.29 is 4.74 Å². The van der Waals surface area contributed by atoms with Crippen molar-refractivity contribution in [1.82, 2.24) is 9.78 Å². The van der Waals surface area contributed by atoms with Crippen LogP contribution in [0, 0.1) is 5.41 Å². The topological polar surface area (TPSA) is 51.1 Å². The molecule has 1 spiro atoms. The molecule has 0 unspecified atom stereocenters. The number of fused-ring (bicyclic) bond motifs is 1. The molecule has 0 aliphatic carbocycles. The van der Waals surface area contributed by atoms with Gasteiger partial charge in [-0.05, 0) is 19.3 Å². The number of anilines is 2. The minimum absolute atomic E-state index is 0.336. The van der Waals surface area contributed by atoms with Gasteiger partial charge in [-0.15, -0.1) is 0 Å². The fourth-order valence-electron chi connectivity index (χ4n) is 2.98. The Labute approximate surface area is 108 Å². The van der Waals surface area contributed by atoms with Crippen LogP contribution in [-0.2, 0) is 18.2 Å². The van der Waals surface area contributed by atoms with Crippen molar-refractivity contribution in [3.63, 3.8) is 0 Å². The van der Waals surface area contributed by atoms with Gasteiger partial charge in [0, 0.05) is 38.8 Å². The number of ether oxygens (including phenoxy) is 1. The molecule has 1 aromatic heterocycles. The molecule has 2 aliphatic heterocycles. The first-order chi connectivity index (χ1) is 8.74. The summed E-state index contributed by atoms with van der Waals surface area (Å²) in [5.41, 5.74) is 2.69. The third-order valence-electron chi connectivity index (χ3n) is 4.28. The van der Waals surface area contributed by atoms with E-state index in [1.165, 1.54) is 5.69 Å². The third-order valence-corrected chi connectivity index (χ3v) is 4.28. The van der Waals surface area contributed by atoms with E-state index in [4.69, 9.17) is 4.74 Å². The van der Waals surface area contributed by atoms with Gasteiger partial charge in [0.15, 0.2) is 0 Å². The third kappa shape index (κ3) is 1.86. The number of nitrogens with zero attached hydrogens (tertiary/aromatic N) is 2. The smallest absolute Gasteiger partial charge is 0.148 e. The fourth-order valence-corrected chi connectivity index (χ4v) is 2.98. The van der Waals surface area contributed by atoms with Crippen LogP contribution in [0.1, 0.15) is 25.5 Å². The Morgan fingerprint density at radius 3 is 2.72 bits per heavy atom. The minimum atomic E-state index is 0.336. The summed E-state index contributed by atoms with van der Waals surface area (Å²) in [7, 11) is 2.01. The largest absolute Gasteiger partial charge is 0.381 e. The van der Waals surface area contributed by atoms with Gasteiger partial charge in [-0.25, -0.2) is 0 Å². The molecule has 1 aromatic rings. The van der Waals surface area contributed by atoms with Crippen LogP contribution in [0.25, 0.3) is 0 Å². The highest BCUT2D eigenvalue weighted by Gasteiger charge is 2.35. The van der Waals surface area contributed by atoms with E-state index in [0.717, 1.165) is 57.1 Å². The molecule has 2 aliphatic rings. The van der Waals surface area contributed by atoms with Gasteiger partial charge in [-0.3, -0.25) is 4.68 Å². The number of hydrogen-bond donors (Lipinski definition) is 2. The summed E-state index contributed by atoms with van der Waals surface area (Å²) < 4.78 is 7.45. The molecule has 0 bridgehead atoms. The first-order valence-corrected chi connectivity index (χ1v) is 6.85. The molecule has 1 saturated heterocycles. The average molecular weight is 250 g/mol. The number of rotatable bonds is 1. The van der Waals surface area contributed by atoms with E-state index < -0.39 is 0 Å². The summed E-state index contributed by atoms with van der Waals surface area (Å²) in [5, 5.41) is 11.8. The van der Waals surface area contributed by atoms with Crippen LogP contribution in [0.2, 0.25) is 0 Å². The molecule has 0 atom stereocenters. The maximum atomic E-state index is 5.49. The molecular weight excluding hydrogens is 228 g/mol. The quantitative estimate of drug-likeness (QED) is 0.795. The first-order valence-electron chi connectivity index (χ1n) is 6.85. The van der Waals surface area contributed by atoms with Crippen molar-refractivity contribution in [2.45, 2.75) is 26.2 Å². The summed E-state index contributed by atoms with van der Waals surface area (Å²) in [6.07, 6.45) is 3.24. The van der Waals surface area contributed by atoms with E-state index in [1.807, 2.05) is 11.7 Å². The van der Waals surface area contributed by atoms with Gasteiger partial charge < -0.3 is 15.4 Å². The second kappa shape index (κ2) is 4.46. The number of nitrogens with one attached hydrogen (secondary N) is 2. The zero-order valence-corrected chi connectivity index (χ0v) is 11.3. The van der Waals surface area contributed by atoms with Crippen molar-refractivity contribution >= 4 is 11.5 Å². The summed E-state index contributed by atoms with van der Waals surface area (Å²) in [4.78, 5) is 0. The number of aryl methyl sites for hydroxylation is 2. The van der Waals surface area contributed by atoms with Crippen LogP contribution in [0.5, 0.6) is 0 Å². The van der Waals surface area contributed by atoms with Crippen LogP contribution >= 0.6 is 0 Å². The molecular formula is C13H22N4O. The Kier molecular flexibility index (Phi) is 2.93. The summed E-state index contributed by atoms with van der Waals surface area (Å²) in [5.74, 6) is 1.13. The molecule has 5 nitrogen and oxygen atoms in total. The molecule has 3 rings (SSSR count). The molecule has 18 heavy (non-hydrogen) atoms. The maximum Gasteiger partial charge on any atom is 0.148 e. The highest BCUT2D eigenvalue weighted by molar-refractivity contribution is 5.69. The molecule has 0 amide bonds. The molecule has 0 radical (unpaired) electrons. The SMILES string of the molecule is CCc1nn(C)c2c1NCC1(CCOCC1)CN2. The first kappa shape index (κ1) is 11.8. The lowest BCUT2D eigenvalue weighted by atomic mass is 9.80. The molecule has 2 N–H and O–H groups in total. The normalized spacial score (nSPS) is 21.9. The van der Waals surface area contributed by atoms with Gasteiger partial charge >= 0.3 is 0 Å². The van der Waals surface area contributed by atoms with Crippen LogP contribution in [0.4, 0.5) is 11.5 Å². The number of aromatic nitrogens is 2.